The molecule has 1 N–H and O–H groups in total. The largest absolute Gasteiger partial charge is 0.496 e. The molecule has 0 fully saturated rings. The topological polar surface area (TPSA) is 77.8 Å². The number of amides is 1. The van der Waals surface area contributed by atoms with Gasteiger partial charge in [-0.3, -0.25) is 4.79 Å². The lowest BCUT2D eigenvalue weighted by molar-refractivity contribution is -0.125. The zero-order chi connectivity index (χ0) is 20.1. The second-order valence-electron chi connectivity index (χ2n) is 6.12. The fourth-order valence-electron chi connectivity index (χ4n) is 2.75. The van der Waals surface area contributed by atoms with Crippen molar-refractivity contribution in [2.75, 3.05) is 20.0 Å². The number of carbonyl (C=O) groups is 2. The third-order valence-corrected chi connectivity index (χ3v) is 4.94. The zero-order valence-electron chi connectivity index (χ0n) is 15.9. The molecule has 1 aromatic heterocycles. The van der Waals surface area contributed by atoms with Crippen LogP contribution in [-0.4, -0.2) is 31.8 Å². The first-order valence-corrected chi connectivity index (χ1v) is 9.91. The van der Waals surface area contributed by atoms with Crippen molar-refractivity contribution >= 4 is 34.6 Å². The van der Waals surface area contributed by atoms with Crippen LogP contribution in [0.3, 0.4) is 0 Å². The number of furan rings is 1. The van der Waals surface area contributed by atoms with Crippen LogP contribution in [0, 0.1) is 0 Å². The molecule has 0 spiro atoms. The lowest BCUT2D eigenvalue weighted by atomic mass is 10.2. The summed E-state index contributed by atoms with van der Waals surface area (Å²) in [5.41, 5.74) is 1.03. The molecule has 0 radical (unpaired) electrons. The molecule has 3 aromatic rings. The molecular formula is C21H21NO5S. The van der Waals surface area contributed by atoms with Gasteiger partial charge in [0, 0.05) is 10.3 Å². The van der Waals surface area contributed by atoms with Crippen LogP contribution in [-0.2, 0) is 9.53 Å². The van der Waals surface area contributed by atoms with E-state index in [4.69, 9.17) is 13.9 Å². The molecule has 0 aliphatic rings. The van der Waals surface area contributed by atoms with Crippen LogP contribution in [0.1, 0.15) is 29.1 Å². The Morgan fingerprint density at radius 3 is 2.68 bits per heavy atom. The van der Waals surface area contributed by atoms with Gasteiger partial charge in [-0.2, -0.15) is 0 Å². The number of thioether (sulfide) groups is 1. The lowest BCUT2D eigenvalue weighted by Crippen LogP contribution is -2.31. The van der Waals surface area contributed by atoms with Gasteiger partial charge in [0.25, 0.3) is 5.91 Å². The fraction of sp³-hybridized carbons (Fsp3) is 0.238. The average Bonchev–Trinajstić information content (AvgIpc) is 3.16. The normalized spacial score (nSPS) is 11.8. The van der Waals surface area contributed by atoms with Gasteiger partial charge in [-0.05, 0) is 43.5 Å². The molecule has 0 saturated carbocycles. The van der Waals surface area contributed by atoms with Gasteiger partial charge in [-0.15, -0.1) is 11.8 Å². The van der Waals surface area contributed by atoms with Crippen molar-refractivity contribution in [3.05, 3.63) is 59.9 Å². The number of ether oxygens (including phenoxy) is 2. The Bertz CT molecular complexity index is 964. The SMILES string of the molecule is COc1cc(SC)ccc1C(=O)OCC(=O)N[C@H](C)c1cc2ccccc2o1. The summed E-state index contributed by atoms with van der Waals surface area (Å²) in [6.07, 6.45) is 1.93. The van der Waals surface area contributed by atoms with E-state index in [1.807, 2.05) is 43.5 Å². The predicted molar refractivity (Wildman–Crippen MR) is 108 cm³/mol. The van der Waals surface area contributed by atoms with Crippen molar-refractivity contribution in [2.45, 2.75) is 17.9 Å². The molecule has 0 aliphatic carbocycles. The average molecular weight is 399 g/mol. The molecular weight excluding hydrogens is 378 g/mol. The minimum Gasteiger partial charge on any atom is -0.496 e. The van der Waals surface area contributed by atoms with E-state index in [-0.39, 0.29) is 11.6 Å². The van der Waals surface area contributed by atoms with Gasteiger partial charge in [0.1, 0.15) is 22.7 Å². The molecule has 0 unspecified atom stereocenters. The highest BCUT2D eigenvalue weighted by molar-refractivity contribution is 7.98. The van der Waals surface area contributed by atoms with Gasteiger partial charge in [0.2, 0.25) is 0 Å². The minimum atomic E-state index is -0.615. The maximum absolute atomic E-state index is 12.3. The van der Waals surface area contributed by atoms with Crippen molar-refractivity contribution in [2.24, 2.45) is 0 Å². The van der Waals surface area contributed by atoms with Gasteiger partial charge in [0.15, 0.2) is 6.61 Å². The number of benzene rings is 2. The standard InChI is InChI=1S/C21H21NO5S/c1-13(18-10-14-6-4-5-7-17(14)27-18)22-20(23)12-26-21(24)16-9-8-15(28-3)11-19(16)25-2/h4-11,13H,12H2,1-3H3,(H,22,23)/t13-/m1/s1. The monoisotopic (exact) mass is 399 g/mol. The number of methoxy groups -OCH3 is 1. The smallest absolute Gasteiger partial charge is 0.342 e. The number of nitrogens with one attached hydrogen (secondary N) is 1. The predicted octanol–water partition coefficient (Wildman–Crippen LogP) is 4.20. The summed E-state index contributed by atoms with van der Waals surface area (Å²) in [5.74, 6) is 0.0140. The summed E-state index contributed by atoms with van der Waals surface area (Å²) in [7, 11) is 1.48. The van der Waals surface area contributed by atoms with Crippen LogP contribution in [0.15, 0.2) is 57.8 Å². The van der Waals surface area contributed by atoms with Crippen molar-refractivity contribution in [1.82, 2.24) is 5.32 Å². The van der Waals surface area contributed by atoms with Gasteiger partial charge in [-0.1, -0.05) is 18.2 Å². The number of esters is 1. The van der Waals surface area contributed by atoms with E-state index in [2.05, 4.69) is 5.32 Å². The Balaban J connectivity index is 1.58. The zero-order valence-corrected chi connectivity index (χ0v) is 16.7. The van der Waals surface area contributed by atoms with E-state index >= 15 is 0 Å². The van der Waals surface area contributed by atoms with E-state index in [1.54, 1.807) is 18.2 Å². The molecule has 1 atom stereocenters. The van der Waals surface area contributed by atoms with Gasteiger partial charge >= 0.3 is 5.97 Å². The maximum Gasteiger partial charge on any atom is 0.342 e. The maximum atomic E-state index is 12.3. The van der Waals surface area contributed by atoms with Gasteiger partial charge in [-0.25, -0.2) is 4.79 Å². The molecule has 2 aromatic carbocycles. The quantitative estimate of drug-likeness (QED) is 0.474. The van der Waals surface area contributed by atoms with Crippen molar-refractivity contribution in [3.63, 3.8) is 0 Å². The highest BCUT2D eigenvalue weighted by Crippen LogP contribution is 2.26. The Hall–Kier alpha value is -2.93. The van der Waals surface area contributed by atoms with E-state index in [9.17, 15) is 9.59 Å². The summed E-state index contributed by atoms with van der Waals surface area (Å²) >= 11 is 1.54. The molecule has 0 bridgehead atoms. The molecule has 7 heteroatoms. The van der Waals surface area contributed by atoms with E-state index < -0.39 is 18.5 Å². The first kappa shape index (κ1) is 19.8. The number of para-hydroxylation sites is 1. The third kappa shape index (κ3) is 4.48. The van der Waals surface area contributed by atoms with E-state index in [0.29, 0.717) is 11.5 Å². The molecule has 1 heterocycles. The summed E-state index contributed by atoms with van der Waals surface area (Å²) < 4.78 is 16.1. The number of fused-ring (bicyclic) bond motifs is 1. The van der Waals surface area contributed by atoms with Crippen LogP contribution in [0.25, 0.3) is 11.0 Å². The number of rotatable bonds is 7. The molecule has 6 nitrogen and oxygen atoms in total. The van der Waals surface area contributed by atoms with Crippen molar-refractivity contribution < 1.29 is 23.5 Å². The molecule has 1 amide bonds. The third-order valence-electron chi connectivity index (χ3n) is 4.21. The fourth-order valence-corrected chi connectivity index (χ4v) is 3.18. The van der Waals surface area contributed by atoms with Crippen LogP contribution >= 0.6 is 11.8 Å². The number of carbonyl (C=O) groups excluding carboxylic acids is 2. The summed E-state index contributed by atoms with van der Waals surface area (Å²) in [6.45, 7) is 1.42. The molecule has 28 heavy (non-hydrogen) atoms. The first-order chi connectivity index (χ1) is 13.5. The lowest BCUT2D eigenvalue weighted by Gasteiger charge is -2.12. The van der Waals surface area contributed by atoms with Crippen molar-refractivity contribution in [1.29, 1.82) is 0 Å². The van der Waals surface area contributed by atoms with Crippen molar-refractivity contribution in [3.8, 4) is 5.75 Å². The Morgan fingerprint density at radius 2 is 1.96 bits per heavy atom. The molecule has 0 aliphatic heterocycles. The minimum absolute atomic E-state index is 0.276. The summed E-state index contributed by atoms with van der Waals surface area (Å²) in [5, 5.41) is 3.73. The summed E-state index contributed by atoms with van der Waals surface area (Å²) in [4.78, 5) is 25.4. The highest BCUT2D eigenvalue weighted by Gasteiger charge is 2.18. The molecule has 3 rings (SSSR count). The first-order valence-electron chi connectivity index (χ1n) is 8.69. The second kappa shape index (κ2) is 8.84. The van der Waals surface area contributed by atoms with Gasteiger partial charge in [0.05, 0.1) is 13.2 Å². The number of hydrogen-bond donors (Lipinski definition) is 1. The Kier molecular flexibility index (Phi) is 6.26. The van der Waals surface area contributed by atoms with E-state index in [1.165, 1.54) is 18.9 Å². The van der Waals surface area contributed by atoms with Gasteiger partial charge < -0.3 is 19.2 Å². The van der Waals surface area contributed by atoms with E-state index in [0.717, 1.165) is 15.9 Å². The molecule has 0 saturated heterocycles. The molecule has 146 valence electrons. The Labute approximate surface area is 167 Å². The van der Waals surface area contributed by atoms with Crippen LogP contribution < -0.4 is 10.1 Å². The second-order valence-corrected chi connectivity index (χ2v) is 7.00. The number of hydrogen-bond acceptors (Lipinski definition) is 6. The van der Waals surface area contributed by atoms with Crippen LogP contribution in [0.2, 0.25) is 0 Å². The summed E-state index contributed by atoms with van der Waals surface area (Å²) in [6, 6.07) is 14.3. The Morgan fingerprint density at radius 1 is 1.18 bits per heavy atom. The highest BCUT2D eigenvalue weighted by atomic mass is 32.2. The van der Waals surface area contributed by atoms with Crippen LogP contribution in [0.5, 0.6) is 5.75 Å². The van der Waals surface area contributed by atoms with Crippen LogP contribution in [0.4, 0.5) is 0 Å².